The molecule has 0 radical (unpaired) electrons. The smallest absolute Gasteiger partial charge is 0.179 e. The molecule has 82 valence electrons. The molecule has 0 unspecified atom stereocenters. The molecule has 0 heterocycles. The average molecular weight is 313 g/mol. The van der Waals surface area contributed by atoms with Gasteiger partial charge in [-0.3, -0.25) is 0 Å². The molecule has 0 rings (SSSR count). The van der Waals surface area contributed by atoms with E-state index >= 15 is 0 Å². The zero-order chi connectivity index (χ0) is 11.6. The summed E-state index contributed by atoms with van der Waals surface area (Å²) >= 11 is 14.6. The van der Waals surface area contributed by atoms with Crippen LogP contribution in [-0.4, -0.2) is 27.2 Å². The normalized spacial score (nSPS) is 4.00. The van der Waals surface area contributed by atoms with Crippen molar-refractivity contribution < 1.29 is 36.2 Å². The van der Waals surface area contributed by atoms with Crippen LogP contribution in [0, 0.1) is 0 Å². The molecule has 0 aliphatic heterocycles. The summed E-state index contributed by atoms with van der Waals surface area (Å²) < 4.78 is 0. The molecule has 0 spiro atoms. The van der Waals surface area contributed by atoms with E-state index in [-0.39, 0.29) is 17.1 Å². The van der Waals surface area contributed by atoms with Crippen LogP contribution >= 0.6 is 39.7 Å². The topological polar surface area (TPSA) is 68.3 Å². The molecule has 13 heavy (non-hydrogen) atoms. The van der Waals surface area contributed by atoms with E-state index in [4.69, 9.17) is 52.9 Å². The molecule has 0 aliphatic carbocycles. The molecular formula is C4H8Cl3FeO4P. The van der Waals surface area contributed by atoms with Crippen LogP contribution in [0.1, 0.15) is 0 Å². The van der Waals surface area contributed by atoms with Crippen molar-refractivity contribution in [3.8, 4) is 0 Å². The largest absolute Gasteiger partial charge is 0.307 e. The Kier molecular flexibility index (Phi) is 389. The van der Waals surface area contributed by atoms with E-state index in [1.807, 2.05) is 27.2 Å². The van der Waals surface area contributed by atoms with E-state index in [0.717, 1.165) is 0 Å². The van der Waals surface area contributed by atoms with Crippen LogP contribution in [0.15, 0.2) is 0 Å². The molecule has 0 amide bonds. The van der Waals surface area contributed by atoms with E-state index in [2.05, 4.69) is 0 Å². The second-order valence-electron chi connectivity index (χ2n) is 0.192. The van der Waals surface area contributed by atoms with Crippen molar-refractivity contribution in [1.82, 2.24) is 0 Å². The van der Waals surface area contributed by atoms with Gasteiger partial charge in [0.15, 0.2) is 5.98 Å². The number of rotatable bonds is 0. The third-order valence-corrected chi connectivity index (χ3v) is 0. The Morgan fingerprint density at radius 1 is 0.615 bits per heavy atom. The molecule has 0 fully saturated rings. The number of halogens is 3. The average Bonchev–Trinajstić information content (AvgIpc) is 2.16. The predicted molar refractivity (Wildman–Crippen MR) is 53.0 cm³/mol. The van der Waals surface area contributed by atoms with Crippen LogP contribution < -0.4 is 0 Å². The first-order valence-corrected chi connectivity index (χ1v) is 5.72. The molecule has 0 aromatic carbocycles. The van der Waals surface area contributed by atoms with Crippen molar-refractivity contribution in [2.45, 2.75) is 0 Å². The number of hydrogen-bond donors (Lipinski definition) is 0. The minimum absolute atomic E-state index is 0. The van der Waals surface area contributed by atoms with Gasteiger partial charge in [0.25, 0.3) is 0 Å². The van der Waals surface area contributed by atoms with Crippen LogP contribution in [0.2, 0.25) is 0 Å². The van der Waals surface area contributed by atoms with Gasteiger partial charge in [0.2, 0.25) is 0 Å². The quantitative estimate of drug-likeness (QED) is 0.508. The van der Waals surface area contributed by atoms with Gasteiger partial charge in [-0.25, -0.2) is 0 Å². The minimum Gasteiger partial charge on any atom is -0.307 e. The van der Waals surface area contributed by atoms with E-state index in [9.17, 15) is 0 Å². The Morgan fingerprint density at radius 2 is 0.615 bits per heavy atom. The van der Waals surface area contributed by atoms with Gasteiger partial charge in [0.05, 0.1) is 0 Å². The van der Waals surface area contributed by atoms with E-state index in [1.54, 1.807) is 0 Å². The molecule has 9 heteroatoms. The Labute approximate surface area is 103 Å². The summed E-state index contributed by atoms with van der Waals surface area (Å²) in [5.74, 6) is -1.20. The number of carbonyl (C=O) groups excluding carboxylic acids is 4. The van der Waals surface area contributed by atoms with Crippen molar-refractivity contribution in [1.29, 1.82) is 0 Å². The standard InChI is InChI=1S/4CH2O.Cl3P.Fe/c4*1-2;1-4(2)3;/h4*1H2;;. The van der Waals surface area contributed by atoms with Crippen LogP contribution in [0.5, 0.6) is 0 Å². The first-order chi connectivity index (χ1) is 5.73. The second-order valence-corrected chi connectivity index (χ2v) is 5.17. The van der Waals surface area contributed by atoms with Crippen LogP contribution in [0.4, 0.5) is 0 Å². The maximum Gasteiger partial charge on any atom is 0.179 e. The molecular weight excluding hydrogens is 305 g/mol. The first kappa shape index (κ1) is 37.5. The van der Waals surface area contributed by atoms with Crippen LogP contribution in [-0.2, 0) is 36.2 Å². The minimum atomic E-state index is -1.20. The monoisotopic (exact) mass is 312 g/mol. The van der Waals surface area contributed by atoms with Crippen molar-refractivity contribution in [2.75, 3.05) is 0 Å². The Bertz CT molecular complexity index is 53.9. The van der Waals surface area contributed by atoms with Gasteiger partial charge in [-0.05, 0) is 0 Å². The maximum absolute atomic E-state index is 8.00. The molecule has 4 nitrogen and oxygen atoms in total. The van der Waals surface area contributed by atoms with Gasteiger partial charge in [0.1, 0.15) is 27.2 Å². The summed E-state index contributed by atoms with van der Waals surface area (Å²) in [5.41, 5.74) is 0. The van der Waals surface area contributed by atoms with Gasteiger partial charge >= 0.3 is 0 Å². The van der Waals surface area contributed by atoms with E-state index in [1.165, 1.54) is 0 Å². The summed E-state index contributed by atoms with van der Waals surface area (Å²) in [6.45, 7) is 8.00. The van der Waals surface area contributed by atoms with Gasteiger partial charge in [-0.1, -0.05) is 33.7 Å². The van der Waals surface area contributed by atoms with Gasteiger partial charge in [-0.2, -0.15) is 0 Å². The van der Waals surface area contributed by atoms with Gasteiger partial charge < -0.3 is 19.2 Å². The first-order valence-electron chi connectivity index (χ1n) is 1.66. The predicted octanol–water partition coefficient (Wildman–Crippen LogP) is 2.19. The Hall–Kier alpha value is 0.499. The van der Waals surface area contributed by atoms with Gasteiger partial charge in [-0.15, -0.1) is 0 Å². The fourth-order valence-corrected chi connectivity index (χ4v) is 0. The second kappa shape index (κ2) is 135. The Balaban J connectivity index is -0.0000000122. The molecule has 0 saturated heterocycles. The van der Waals surface area contributed by atoms with Crippen molar-refractivity contribution in [3.05, 3.63) is 0 Å². The molecule has 0 aromatic heterocycles. The molecule has 0 bridgehead atoms. The molecule has 0 saturated carbocycles. The van der Waals surface area contributed by atoms with Crippen LogP contribution in [0.3, 0.4) is 0 Å². The van der Waals surface area contributed by atoms with Crippen LogP contribution in [0.25, 0.3) is 0 Å². The maximum atomic E-state index is 8.00. The van der Waals surface area contributed by atoms with Crippen molar-refractivity contribution >= 4 is 66.9 Å². The summed E-state index contributed by atoms with van der Waals surface area (Å²) in [6.07, 6.45) is 0. The third kappa shape index (κ3) is 5520. The summed E-state index contributed by atoms with van der Waals surface area (Å²) in [7, 11) is 0. The summed E-state index contributed by atoms with van der Waals surface area (Å²) in [6, 6.07) is 0. The van der Waals surface area contributed by atoms with Crippen molar-refractivity contribution in [3.63, 3.8) is 0 Å². The number of carbonyl (C=O) groups is 4. The SMILES string of the molecule is C=O.C=O.C=O.C=O.ClP(Cl)Cl.[Fe]. The van der Waals surface area contributed by atoms with Crippen molar-refractivity contribution in [2.24, 2.45) is 0 Å². The summed E-state index contributed by atoms with van der Waals surface area (Å²) in [5, 5.41) is 0. The zero-order valence-electron chi connectivity index (χ0n) is 6.40. The Morgan fingerprint density at radius 3 is 0.615 bits per heavy atom. The fourth-order valence-electron chi connectivity index (χ4n) is 0. The fraction of sp³-hybridized carbons (Fsp3) is 0. The summed E-state index contributed by atoms with van der Waals surface area (Å²) in [4.78, 5) is 32.0. The molecule has 0 aromatic rings. The molecule has 0 atom stereocenters. The molecule has 0 N–H and O–H groups in total. The van der Waals surface area contributed by atoms with Gasteiger partial charge in [0, 0.05) is 17.1 Å². The zero-order valence-corrected chi connectivity index (χ0v) is 10.7. The number of hydrogen-bond acceptors (Lipinski definition) is 4. The van der Waals surface area contributed by atoms with E-state index in [0.29, 0.717) is 0 Å². The molecule has 0 aliphatic rings. The van der Waals surface area contributed by atoms with E-state index < -0.39 is 5.98 Å². The third-order valence-electron chi connectivity index (χ3n) is 0.